The molecule has 1 aromatic carbocycles. The maximum absolute atomic E-state index is 5.35. The van der Waals surface area contributed by atoms with Gasteiger partial charge in [-0.1, -0.05) is 0 Å². The van der Waals surface area contributed by atoms with Crippen LogP contribution in [0.4, 0.5) is 0 Å². The van der Waals surface area contributed by atoms with E-state index in [1.807, 2.05) is 0 Å². The van der Waals surface area contributed by atoms with Crippen molar-refractivity contribution in [2.45, 2.75) is 6.92 Å². The number of rotatable bonds is 1. The summed E-state index contributed by atoms with van der Waals surface area (Å²) in [5, 5.41) is 3.43. The molecule has 0 atom stereocenters. The van der Waals surface area contributed by atoms with Crippen molar-refractivity contribution in [3.8, 4) is 5.75 Å². The van der Waals surface area contributed by atoms with Crippen molar-refractivity contribution in [2.75, 3.05) is 7.11 Å². The molecule has 2 aromatic rings. The number of aryl methyl sites for hydroxylation is 1. The molecule has 13 heavy (non-hydrogen) atoms. The Morgan fingerprint density at radius 2 is 2.23 bits per heavy atom. The van der Waals surface area contributed by atoms with Gasteiger partial charge in [-0.15, -0.1) is 11.3 Å². The van der Waals surface area contributed by atoms with Crippen molar-refractivity contribution in [3.05, 3.63) is 26.6 Å². The summed E-state index contributed by atoms with van der Waals surface area (Å²) in [5.41, 5.74) is 1.24. The molecule has 1 aromatic heterocycles. The average molecular weight is 304 g/mol. The molecule has 1 nitrogen and oxygen atoms in total. The second-order valence-electron chi connectivity index (χ2n) is 2.85. The van der Waals surface area contributed by atoms with Crippen molar-refractivity contribution in [1.29, 1.82) is 0 Å². The van der Waals surface area contributed by atoms with Crippen LogP contribution in [0.1, 0.15) is 5.56 Å². The quantitative estimate of drug-likeness (QED) is 0.728. The summed E-state index contributed by atoms with van der Waals surface area (Å²) >= 11 is 4.09. The minimum Gasteiger partial charge on any atom is -0.495 e. The fourth-order valence-corrected chi connectivity index (χ4v) is 3.51. The number of benzene rings is 1. The second-order valence-corrected chi connectivity index (χ2v) is 4.96. The van der Waals surface area contributed by atoms with Gasteiger partial charge in [0, 0.05) is 10.3 Å². The molecule has 0 bridgehead atoms. The summed E-state index contributed by atoms with van der Waals surface area (Å²) in [6.45, 7) is 2.11. The summed E-state index contributed by atoms with van der Waals surface area (Å²) in [6, 6.07) is 4.32. The molecule has 2 rings (SSSR count). The molecule has 0 fully saturated rings. The molecule has 1 heterocycles. The maximum atomic E-state index is 5.35. The molecule has 0 aliphatic carbocycles. The zero-order chi connectivity index (χ0) is 9.42. The fourth-order valence-electron chi connectivity index (χ4n) is 1.48. The Morgan fingerprint density at radius 3 is 2.92 bits per heavy atom. The van der Waals surface area contributed by atoms with E-state index in [4.69, 9.17) is 4.74 Å². The molecular weight excluding hydrogens is 295 g/mol. The first-order valence-corrected chi connectivity index (χ1v) is 5.90. The highest BCUT2D eigenvalue weighted by Crippen LogP contribution is 2.34. The number of halogens is 1. The minimum absolute atomic E-state index is 1.01. The molecule has 0 aliphatic heterocycles. The zero-order valence-electron chi connectivity index (χ0n) is 7.43. The Hall–Kier alpha value is -0.290. The standard InChI is InChI=1S/C10H9IOS/c1-6-7-3-4-13-9(7)5-8(11)10(6)12-2/h3-5H,1-2H3. The monoisotopic (exact) mass is 304 g/mol. The Kier molecular flexibility index (Phi) is 2.47. The van der Waals surface area contributed by atoms with Gasteiger partial charge in [-0.25, -0.2) is 0 Å². The topological polar surface area (TPSA) is 9.23 Å². The third-order valence-corrected chi connectivity index (χ3v) is 3.78. The van der Waals surface area contributed by atoms with Crippen LogP contribution in [-0.4, -0.2) is 7.11 Å². The average Bonchev–Trinajstić information content (AvgIpc) is 2.53. The lowest BCUT2D eigenvalue weighted by Gasteiger charge is -2.07. The molecule has 0 unspecified atom stereocenters. The van der Waals surface area contributed by atoms with Crippen LogP contribution in [0.3, 0.4) is 0 Å². The first-order valence-electron chi connectivity index (χ1n) is 3.94. The first-order chi connectivity index (χ1) is 6.24. The smallest absolute Gasteiger partial charge is 0.135 e. The molecule has 0 saturated heterocycles. The summed E-state index contributed by atoms with van der Waals surface area (Å²) in [6.07, 6.45) is 0. The van der Waals surface area contributed by atoms with Crippen LogP contribution < -0.4 is 4.74 Å². The second kappa shape index (κ2) is 3.46. The predicted molar refractivity (Wildman–Crippen MR) is 65.8 cm³/mol. The SMILES string of the molecule is COc1c(I)cc2sccc2c1C. The lowest BCUT2D eigenvalue weighted by molar-refractivity contribution is 0.409. The van der Waals surface area contributed by atoms with Crippen molar-refractivity contribution in [1.82, 2.24) is 0 Å². The van der Waals surface area contributed by atoms with Gasteiger partial charge >= 0.3 is 0 Å². The molecular formula is C10H9IOS. The summed E-state index contributed by atoms with van der Waals surface area (Å²) in [7, 11) is 1.72. The van der Waals surface area contributed by atoms with E-state index < -0.39 is 0 Å². The molecule has 0 aliphatic rings. The number of thiophene rings is 1. The zero-order valence-corrected chi connectivity index (χ0v) is 10.4. The van der Waals surface area contributed by atoms with Gasteiger partial charge in [-0.3, -0.25) is 0 Å². The van der Waals surface area contributed by atoms with Crippen LogP contribution >= 0.6 is 33.9 Å². The first kappa shape index (κ1) is 9.27. The third-order valence-electron chi connectivity index (χ3n) is 2.12. The Labute approximate surface area is 94.9 Å². The summed E-state index contributed by atoms with van der Waals surface area (Å²) in [5.74, 6) is 1.01. The van der Waals surface area contributed by atoms with Crippen LogP contribution in [0.2, 0.25) is 0 Å². The third kappa shape index (κ3) is 1.44. The minimum atomic E-state index is 1.01. The largest absolute Gasteiger partial charge is 0.495 e. The Bertz CT molecular complexity index is 447. The Morgan fingerprint density at radius 1 is 1.46 bits per heavy atom. The van der Waals surface area contributed by atoms with Gasteiger partial charge in [0.25, 0.3) is 0 Å². The highest BCUT2D eigenvalue weighted by molar-refractivity contribution is 14.1. The number of fused-ring (bicyclic) bond motifs is 1. The number of ether oxygens (including phenoxy) is 1. The molecule has 0 spiro atoms. The van der Waals surface area contributed by atoms with Crippen LogP contribution in [-0.2, 0) is 0 Å². The van der Waals surface area contributed by atoms with Crippen LogP contribution in [0.25, 0.3) is 10.1 Å². The molecule has 0 N–H and O–H groups in total. The highest BCUT2D eigenvalue weighted by Gasteiger charge is 2.08. The van der Waals surface area contributed by atoms with Crippen LogP contribution in [0.15, 0.2) is 17.5 Å². The van der Waals surface area contributed by atoms with Gasteiger partial charge in [-0.05, 0) is 52.4 Å². The van der Waals surface area contributed by atoms with E-state index in [0.29, 0.717) is 0 Å². The number of hydrogen-bond acceptors (Lipinski definition) is 2. The van der Waals surface area contributed by atoms with E-state index >= 15 is 0 Å². The number of methoxy groups -OCH3 is 1. The van der Waals surface area contributed by atoms with E-state index in [9.17, 15) is 0 Å². The normalized spacial score (nSPS) is 10.7. The van der Waals surface area contributed by atoms with E-state index in [-0.39, 0.29) is 0 Å². The van der Waals surface area contributed by atoms with E-state index in [2.05, 4.69) is 47.0 Å². The van der Waals surface area contributed by atoms with Gasteiger partial charge in [-0.2, -0.15) is 0 Å². The summed E-state index contributed by atoms with van der Waals surface area (Å²) < 4.78 is 7.87. The highest BCUT2D eigenvalue weighted by atomic mass is 127. The van der Waals surface area contributed by atoms with Crippen LogP contribution in [0, 0.1) is 10.5 Å². The van der Waals surface area contributed by atoms with Crippen molar-refractivity contribution in [3.63, 3.8) is 0 Å². The molecule has 0 saturated carbocycles. The van der Waals surface area contributed by atoms with Gasteiger partial charge in [0.05, 0.1) is 10.7 Å². The van der Waals surface area contributed by atoms with Gasteiger partial charge in [0.2, 0.25) is 0 Å². The van der Waals surface area contributed by atoms with Crippen molar-refractivity contribution >= 4 is 44.0 Å². The Balaban J connectivity index is 2.85. The number of hydrogen-bond donors (Lipinski definition) is 0. The lowest BCUT2D eigenvalue weighted by Crippen LogP contribution is -1.90. The fraction of sp³-hybridized carbons (Fsp3) is 0.200. The molecule has 68 valence electrons. The van der Waals surface area contributed by atoms with Gasteiger partial charge in [0.1, 0.15) is 5.75 Å². The summed E-state index contributed by atoms with van der Waals surface area (Å²) in [4.78, 5) is 0. The van der Waals surface area contributed by atoms with E-state index in [0.717, 1.165) is 5.75 Å². The van der Waals surface area contributed by atoms with Crippen molar-refractivity contribution < 1.29 is 4.74 Å². The molecule has 0 radical (unpaired) electrons. The maximum Gasteiger partial charge on any atom is 0.135 e. The predicted octanol–water partition coefficient (Wildman–Crippen LogP) is 3.82. The lowest BCUT2D eigenvalue weighted by atomic mass is 10.1. The molecule has 0 amide bonds. The van der Waals surface area contributed by atoms with Crippen molar-refractivity contribution in [2.24, 2.45) is 0 Å². The molecule has 3 heteroatoms. The van der Waals surface area contributed by atoms with E-state index in [1.54, 1.807) is 18.4 Å². The van der Waals surface area contributed by atoms with Crippen LogP contribution in [0.5, 0.6) is 5.75 Å². The van der Waals surface area contributed by atoms with Gasteiger partial charge < -0.3 is 4.74 Å². The van der Waals surface area contributed by atoms with E-state index in [1.165, 1.54) is 19.2 Å². The van der Waals surface area contributed by atoms with Gasteiger partial charge in [0.15, 0.2) is 0 Å².